The van der Waals surface area contributed by atoms with Crippen molar-refractivity contribution in [2.24, 2.45) is 0 Å². The van der Waals surface area contributed by atoms with Crippen LogP contribution in [0.4, 0.5) is 5.69 Å². The molecule has 6 heteroatoms. The number of carbonyl (C=O) groups is 2. The minimum Gasteiger partial charge on any atom is -0.336 e. The lowest BCUT2D eigenvalue weighted by molar-refractivity contribution is -0.133. The van der Waals surface area contributed by atoms with Crippen LogP contribution in [0.25, 0.3) is 0 Å². The predicted molar refractivity (Wildman–Crippen MR) is 114 cm³/mol. The molecule has 0 aliphatic carbocycles. The molecule has 144 valence electrons. The highest BCUT2D eigenvalue weighted by Gasteiger charge is 2.14. The number of rotatable bonds is 8. The fourth-order valence-corrected chi connectivity index (χ4v) is 3.61. The Kier molecular flexibility index (Phi) is 8.20. The number of nitrogens with zero attached hydrogens (tertiary/aromatic N) is 1. The summed E-state index contributed by atoms with van der Waals surface area (Å²) in [6.45, 7) is 3.96. The minimum absolute atomic E-state index is 0.0247. The predicted octanol–water partition coefficient (Wildman–Crippen LogP) is 4.93. The van der Waals surface area contributed by atoms with Gasteiger partial charge in [-0.05, 0) is 61.4 Å². The smallest absolute Gasteiger partial charge is 0.243 e. The van der Waals surface area contributed by atoms with Crippen molar-refractivity contribution in [1.82, 2.24) is 4.90 Å². The second kappa shape index (κ2) is 10.4. The largest absolute Gasteiger partial charge is 0.336 e. The second-order valence-corrected chi connectivity index (χ2v) is 8.08. The van der Waals surface area contributed by atoms with E-state index in [9.17, 15) is 9.59 Å². The maximum absolute atomic E-state index is 12.3. The molecule has 4 nitrogen and oxygen atoms in total. The van der Waals surface area contributed by atoms with Gasteiger partial charge in [-0.1, -0.05) is 29.8 Å². The molecule has 1 N–H and O–H groups in total. The van der Waals surface area contributed by atoms with Crippen LogP contribution >= 0.6 is 23.4 Å². The van der Waals surface area contributed by atoms with Crippen LogP contribution in [0.2, 0.25) is 5.02 Å². The normalized spacial score (nSPS) is 10.5. The lowest BCUT2D eigenvalue weighted by atomic mass is 10.1. The van der Waals surface area contributed by atoms with Crippen molar-refractivity contribution in [1.29, 1.82) is 0 Å². The SMILES string of the molecule is Cc1cccc(C)c1NC(=O)CN(C)C(=O)CCCSc1ccc(Cl)cc1. The number of benzene rings is 2. The van der Waals surface area contributed by atoms with Crippen molar-refractivity contribution >= 4 is 40.9 Å². The van der Waals surface area contributed by atoms with Gasteiger partial charge in [-0.2, -0.15) is 0 Å². The lowest BCUT2D eigenvalue weighted by Gasteiger charge is -2.18. The van der Waals surface area contributed by atoms with Gasteiger partial charge >= 0.3 is 0 Å². The zero-order valence-electron chi connectivity index (χ0n) is 15.9. The second-order valence-electron chi connectivity index (χ2n) is 6.47. The minimum atomic E-state index is -0.182. The highest BCUT2D eigenvalue weighted by Crippen LogP contribution is 2.22. The summed E-state index contributed by atoms with van der Waals surface area (Å²) in [5.41, 5.74) is 2.84. The van der Waals surface area contributed by atoms with Crippen LogP contribution in [-0.2, 0) is 9.59 Å². The average Bonchev–Trinajstić information content (AvgIpc) is 2.63. The molecule has 27 heavy (non-hydrogen) atoms. The van der Waals surface area contributed by atoms with E-state index in [0.29, 0.717) is 6.42 Å². The molecule has 2 amide bonds. The van der Waals surface area contributed by atoms with Gasteiger partial charge in [-0.25, -0.2) is 0 Å². The molecule has 2 rings (SSSR count). The van der Waals surface area contributed by atoms with E-state index in [1.807, 2.05) is 56.3 Å². The van der Waals surface area contributed by atoms with Crippen LogP contribution in [0, 0.1) is 13.8 Å². The van der Waals surface area contributed by atoms with Crippen LogP contribution in [0.15, 0.2) is 47.4 Å². The number of nitrogens with one attached hydrogen (secondary N) is 1. The van der Waals surface area contributed by atoms with E-state index < -0.39 is 0 Å². The number of hydrogen-bond acceptors (Lipinski definition) is 3. The molecule has 0 fully saturated rings. The fourth-order valence-electron chi connectivity index (χ4n) is 2.63. The summed E-state index contributed by atoms with van der Waals surface area (Å²) in [4.78, 5) is 27.1. The van der Waals surface area contributed by atoms with Crippen molar-refractivity contribution < 1.29 is 9.59 Å². The molecular formula is C21H25ClN2O2S. The van der Waals surface area contributed by atoms with E-state index in [1.165, 1.54) is 4.90 Å². The Morgan fingerprint density at radius 2 is 1.70 bits per heavy atom. The Balaban J connectivity index is 1.73. The highest BCUT2D eigenvalue weighted by molar-refractivity contribution is 7.99. The van der Waals surface area contributed by atoms with Gasteiger partial charge in [-0.3, -0.25) is 9.59 Å². The Labute approximate surface area is 170 Å². The van der Waals surface area contributed by atoms with Crippen molar-refractivity contribution in [3.05, 3.63) is 58.6 Å². The first kappa shape index (κ1) is 21.3. The number of amides is 2. The quantitative estimate of drug-likeness (QED) is 0.501. The van der Waals surface area contributed by atoms with Crippen molar-refractivity contribution in [3.63, 3.8) is 0 Å². The number of halogens is 1. The molecule has 0 atom stereocenters. The molecule has 0 saturated heterocycles. The highest BCUT2D eigenvalue weighted by atomic mass is 35.5. The van der Waals surface area contributed by atoms with Crippen LogP contribution in [0.1, 0.15) is 24.0 Å². The third-order valence-electron chi connectivity index (χ3n) is 4.17. The Bertz CT molecular complexity index is 773. The number of likely N-dealkylation sites (N-methyl/N-ethyl adjacent to an activating group) is 1. The molecule has 0 heterocycles. The first-order chi connectivity index (χ1) is 12.9. The molecular weight excluding hydrogens is 380 g/mol. The van der Waals surface area contributed by atoms with Crippen LogP contribution < -0.4 is 5.32 Å². The summed E-state index contributed by atoms with van der Waals surface area (Å²) in [7, 11) is 1.67. The molecule has 0 aliphatic heterocycles. The summed E-state index contributed by atoms with van der Waals surface area (Å²) in [5, 5.41) is 3.63. The molecule has 0 bridgehead atoms. The zero-order valence-corrected chi connectivity index (χ0v) is 17.5. The van der Waals surface area contributed by atoms with E-state index in [2.05, 4.69) is 5.32 Å². The molecule has 0 unspecified atom stereocenters. The fraction of sp³-hybridized carbons (Fsp3) is 0.333. The van der Waals surface area contributed by atoms with Gasteiger partial charge in [0, 0.05) is 29.1 Å². The van der Waals surface area contributed by atoms with E-state index in [-0.39, 0.29) is 18.4 Å². The first-order valence-electron chi connectivity index (χ1n) is 8.85. The summed E-state index contributed by atoms with van der Waals surface area (Å²) in [6, 6.07) is 13.5. The Morgan fingerprint density at radius 1 is 1.07 bits per heavy atom. The van der Waals surface area contributed by atoms with Gasteiger partial charge in [0.25, 0.3) is 0 Å². The molecule has 0 radical (unpaired) electrons. The van der Waals surface area contributed by atoms with Gasteiger partial charge in [-0.15, -0.1) is 11.8 Å². The summed E-state index contributed by atoms with van der Waals surface area (Å²) >= 11 is 7.56. The molecule has 2 aromatic rings. The van der Waals surface area contributed by atoms with Gasteiger partial charge in [0.1, 0.15) is 0 Å². The molecule has 0 aliphatic rings. The van der Waals surface area contributed by atoms with Crippen molar-refractivity contribution in [2.75, 3.05) is 24.7 Å². The standard InChI is InChI=1S/C21H25ClN2O2S/c1-15-6-4-7-16(2)21(15)23-19(25)14-24(3)20(26)8-5-13-27-18-11-9-17(22)10-12-18/h4,6-7,9-12H,5,8,13-14H2,1-3H3,(H,23,25). The maximum Gasteiger partial charge on any atom is 0.243 e. The number of carbonyl (C=O) groups excluding carboxylic acids is 2. The third kappa shape index (κ3) is 6.92. The van der Waals surface area contributed by atoms with Crippen LogP contribution in [0.5, 0.6) is 0 Å². The Morgan fingerprint density at radius 3 is 2.33 bits per heavy atom. The summed E-state index contributed by atoms with van der Waals surface area (Å²) in [6.07, 6.45) is 1.18. The molecule has 0 saturated carbocycles. The van der Waals surface area contributed by atoms with E-state index in [1.54, 1.807) is 18.8 Å². The summed E-state index contributed by atoms with van der Waals surface area (Å²) < 4.78 is 0. The number of thioether (sulfide) groups is 1. The summed E-state index contributed by atoms with van der Waals surface area (Å²) in [5.74, 6) is 0.637. The molecule has 0 spiro atoms. The zero-order chi connectivity index (χ0) is 19.8. The van der Waals surface area contributed by atoms with Crippen molar-refractivity contribution in [3.8, 4) is 0 Å². The maximum atomic E-state index is 12.3. The topological polar surface area (TPSA) is 49.4 Å². The molecule has 2 aromatic carbocycles. The molecule has 0 aromatic heterocycles. The first-order valence-corrected chi connectivity index (χ1v) is 10.2. The van der Waals surface area contributed by atoms with E-state index >= 15 is 0 Å². The van der Waals surface area contributed by atoms with Crippen LogP contribution in [-0.4, -0.2) is 36.1 Å². The number of aryl methyl sites for hydroxylation is 2. The average molecular weight is 405 g/mol. The van der Waals surface area contributed by atoms with Crippen LogP contribution in [0.3, 0.4) is 0 Å². The number of anilines is 1. The lowest BCUT2D eigenvalue weighted by Crippen LogP contribution is -2.35. The Hall–Kier alpha value is -1.98. The monoisotopic (exact) mass is 404 g/mol. The van der Waals surface area contributed by atoms with Gasteiger partial charge in [0.05, 0.1) is 6.54 Å². The van der Waals surface area contributed by atoms with Gasteiger partial charge in [0.15, 0.2) is 0 Å². The van der Waals surface area contributed by atoms with E-state index in [4.69, 9.17) is 11.6 Å². The number of para-hydroxylation sites is 1. The number of hydrogen-bond donors (Lipinski definition) is 1. The van der Waals surface area contributed by atoms with E-state index in [0.717, 1.165) is 38.9 Å². The van der Waals surface area contributed by atoms with Gasteiger partial charge < -0.3 is 10.2 Å². The van der Waals surface area contributed by atoms with Crippen molar-refractivity contribution in [2.45, 2.75) is 31.6 Å². The van der Waals surface area contributed by atoms with Gasteiger partial charge in [0.2, 0.25) is 11.8 Å². The third-order valence-corrected chi connectivity index (χ3v) is 5.52.